The number of hydrogen-bond donors (Lipinski definition) is 3. The first kappa shape index (κ1) is 19.3. The molecule has 0 aliphatic carbocycles. The quantitative estimate of drug-likeness (QED) is 0.457. The van der Waals surface area contributed by atoms with E-state index in [2.05, 4.69) is 42.4 Å². The lowest BCUT2D eigenvalue weighted by Crippen LogP contribution is -2.24. The van der Waals surface area contributed by atoms with Crippen LogP contribution in [0.5, 0.6) is 17.2 Å². The number of phenolic OH excluding ortho intramolecular Hbond substituents is 2. The molecule has 0 atom stereocenters. The molecular formula is C17H16Br2N2O4. The number of amides is 1. The average Bonchev–Trinajstić information content (AvgIpc) is 2.48. The number of aromatic hydroxyl groups is 2. The summed E-state index contributed by atoms with van der Waals surface area (Å²) in [5, 5.41) is 22.9. The fourth-order valence-corrected chi connectivity index (χ4v) is 3.74. The van der Waals surface area contributed by atoms with E-state index in [0.717, 1.165) is 14.5 Å². The van der Waals surface area contributed by atoms with Crippen LogP contribution in [0.1, 0.15) is 16.7 Å². The summed E-state index contributed by atoms with van der Waals surface area (Å²) in [6.07, 6.45) is 1.31. The van der Waals surface area contributed by atoms with Gasteiger partial charge in [0.25, 0.3) is 5.91 Å². The molecule has 0 aliphatic heterocycles. The molecular weight excluding hydrogens is 456 g/mol. The first-order valence-corrected chi connectivity index (χ1v) is 8.79. The molecule has 0 radical (unpaired) electrons. The molecule has 132 valence electrons. The Kier molecular flexibility index (Phi) is 6.44. The van der Waals surface area contributed by atoms with Crippen LogP contribution in [-0.2, 0) is 4.79 Å². The fraction of sp³-hybridized carbons (Fsp3) is 0.176. The van der Waals surface area contributed by atoms with Crippen LogP contribution in [0.15, 0.2) is 38.3 Å². The third-order valence-electron chi connectivity index (χ3n) is 3.22. The number of carbonyl (C=O) groups is 1. The summed E-state index contributed by atoms with van der Waals surface area (Å²) in [6.45, 7) is 3.43. The molecule has 25 heavy (non-hydrogen) atoms. The number of carbonyl (C=O) groups excluding carboxylic acids is 1. The van der Waals surface area contributed by atoms with Crippen molar-refractivity contribution in [2.45, 2.75) is 13.8 Å². The van der Waals surface area contributed by atoms with Gasteiger partial charge in [-0.25, -0.2) is 5.43 Å². The highest BCUT2D eigenvalue weighted by atomic mass is 79.9. The first-order chi connectivity index (χ1) is 11.8. The zero-order valence-electron chi connectivity index (χ0n) is 13.5. The minimum absolute atomic E-state index is 0.0427. The van der Waals surface area contributed by atoms with Gasteiger partial charge in [0.2, 0.25) is 0 Å². The number of benzene rings is 2. The molecule has 8 heteroatoms. The molecule has 0 unspecified atom stereocenters. The molecule has 2 aromatic rings. The van der Waals surface area contributed by atoms with Gasteiger partial charge in [0.05, 0.1) is 15.2 Å². The first-order valence-electron chi connectivity index (χ1n) is 7.21. The number of halogens is 2. The Labute approximate surface area is 161 Å². The Morgan fingerprint density at radius 3 is 2.44 bits per heavy atom. The van der Waals surface area contributed by atoms with E-state index >= 15 is 0 Å². The predicted octanol–water partition coefficient (Wildman–Crippen LogP) is 3.77. The van der Waals surface area contributed by atoms with E-state index in [0.29, 0.717) is 16.9 Å². The number of hydrazone groups is 1. The SMILES string of the molecule is Cc1cc(Br)c(OCC(=O)NN=Cc2c(C)cc(O)cc2O)c(Br)c1. The lowest BCUT2D eigenvalue weighted by Gasteiger charge is -2.10. The standard InChI is InChI=1S/C17H16Br2N2O4/c1-9-3-13(18)17(14(19)4-9)25-8-16(24)21-20-7-12-10(2)5-11(22)6-15(12)23/h3-7,22-23H,8H2,1-2H3,(H,21,24). The Hall–Kier alpha value is -2.06. The van der Waals surface area contributed by atoms with Crippen molar-refractivity contribution in [3.63, 3.8) is 0 Å². The van der Waals surface area contributed by atoms with E-state index in [-0.39, 0.29) is 18.1 Å². The van der Waals surface area contributed by atoms with Crippen LogP contribution in [-0.4, -0.2) is 28.9 Å². The molecule has 0 saturated heterocycles. The highest BCUT2D eigenvalue weighted by molar-refractivity contribution is 9.11. The second-order valence-corrected chi connectivity index (χ2v) is 7.04. The Balaban J connectivity index is 1.96. The third-order valence-corrected chi connectivity index (χ3v) is 4.40. The molecule has 2 rings (SSSR count). The van der Waals surface area contributed by atoms with Gasteiger partial charge in [0, 0.05) is 11.6 Å². The number of rotatable bonds is 5. The molecule has 0 heterocycles. The number of nitrogens with one attached hydrogen (secondary N) is 1. The molecule has 1 amide bonds. The predicted molar refractivity (Wildman–Crippen MR) is 102 cm³/mol. The largest absolute Gasteiger partial charge is 0.508 e. The molecule has 3 N–H and O–H groups in total. The van der Waals surface area contributed by atoms with Crippen LogP contribution in [0.2, 0.25) is 0 Å². The van der Waals surface area contributed by atoms with Crippen molar-refractivity contribution < 1.29 is 19.7 Å². The molecule has 0 saturated carbocycles. The zero-order chi connectivity index (χ0) is 18.6. The summed E-state index contributed by atoms with van der Waals surface area (Å²) in [6, 6.07) is 6.45. The second-order valence-electron chi connectivity index (χ2n) is 5.34. The summed E-state index contributed by atoms with van der Waals surface area (Å²) < 4.78 is 6.96. The monoisotopic (exact) mass is 470 g/mol. The maximum atomic E-state index is 11.8. The molecule has 2 aromatic carbocycles. The van der Waals surface area contributed by atoms with E-state index in [4.69, 9.17) is 4.74 Å². The van der Waals surface area contributed by atoms with Crippen molar-refractivity contribution in [3.05, 3.63) is 49.9 Å². The number of ether oxygens (including phenoxy) is 1. The van der Waals surface area contributed by atoms with E-state index in [1.165, 1.54) is 18.3 Å². The normalized spacial score (nSPS) is 10.9. The van der Waals surface area contributed by atoms with Crippen LogP contribution in [0.3, 0.4) is 0 Å². The summed E-state index contributed by atoms with van der Waals surface area (Å²) in [7, 11) is 0. The zero-order valence-corrected chi connectivity index (χ0v) is 16.7. The van der Waals surface area contributed by atoms with Crippen molar-refractivity contribution in [2.24, 2.45) is 5.10 Å². The number of phenols is 2. The molecule has 0 aromatic heterocycles. The molecule has 0 aliphatic rings. The summed E-state index contributed by atoms with van der Waals surface area (Å²) >= 11 is 6.78. The Morgan fingerprint density at radius 1 is 1.20 bits per heavy atom. The number of aryl methyl sites for hydroxylation is 2. The van der Waals surface area contributed by atoms with Crippen molar-refractivity contribution in [3.8, 4) is 17.2 Å². The molecule has 0 spiro atoms. The van der Waals surface area contributed by atoms with Gasteiger partial charge < -0.3 is 14.9 Å². The second kappa shape index (κ2) is 8.35. The summed E-state index contributed by atoms with van der Waals surface area (Å²) in [4.78, 5) is 11.8. The van der Waals surface area contributed by atoms with Crippen molar-refractivity contribution in [1.29, 1.82) is 0 Å². The Morgan fingerprint density at radius 2 is 1.84 bits per heavy atom. The van der Waals surface area contributed by atoms with E-state index in [9.17, 15) is 15.0 Å². The lowest BCUT2D eigenvalue weighted by atomic mass is 10.1. The minimum Gasteiger partial charge on any atom is -0.508 e. The van der Waals surface area contributed by atoms with Crippen LogP contribution in [0, 0.1) is 13.8 Å². The highest BCUT2D eigenvalue weighted by Gasteiger charge is 2.10. The molecule has 6 nitrogen and oxygen atoms in total. The summed E-state index contributed by atoms with van der Waals surface area (Å²) in [5.41, 5.74) is 4.40. The number of nitrogens with zero attached hydrogens (tertiary/aromatic N) is 1. The summed E-state index contributed by atoms with van der Waals surface area (Å²) in [5.74, 6) is -0.0959. The van der Waals surface area contributed by atoms with Gasteiger partial charge in [-0.3, -0.25) is 4.79 Å². The van der Waals surface area contributed by atoms with E-state index in [1.807, 2.05) is 19.1 Å². The van der Waals surface area contributed by atoms with Gasteiger partial charge in [-0.05, 0) is 75.0 Å². The lowest BCUT2D eigenvalue weighted by molar-refractivity contribution is -0.123. The van der Waals surface area contributed by atoms with Gasteiger partial charge >= 0.3 is 0 Å². The average molecular weight is 472 g/mol. The van der Waals surface area contributed by atoms with Gasteiger partial charge in [-0.15, -0.1) is 0 Å². The third kappa shape index (κ3) is 5.20. The van der Waals surface area contributed by atoms with Gasteiger partial charge in [-0.2, -0.15) is 5.10 Å². The van der Waals surface area contributed by atoms with Gasteiger partial charge in [0.1, 0.15) is 17.2 Å². The minimum atomic E-state index is -0.452. The van der Waals surface area contributed by atoms with Crippen LogP contribution < -0.4 is 10.2 Å². The maximum Gasteiger partial charge on any atom is 0.277 e. The van der Waals surface area contributed by atoms with E-state index < -0.39 is 5.91 Å². The fourth-order valence-electron chi connectivity index (χ4n) is 2.09. The molecule has 0 fully saturated rings. The smallest absolute Gasteiger partial charge is 0.277 e. The molecule has 0 bridgehead atoms. The topological polar surface area (TPSA) is 91.2 Å². The van der Waals surface area contributed by atoms with Crippen molar-refractivity contribution in [1.82, 2.24) is 5.43 Å². The van der Waals surface area contributed by atoms with Crippen LogP contribution >= 0.6 is 31.9 Å². The van der Waals surface area contributed by atoms with Crippen LogP contribution in [0.25, 0.3) is 0 Å². The Bertz CT molecular complexity index is 791. The number of hydrogen-bond acceptors (Lipinski definition) is 5. The van der Waals surface area contributed by atoms with Gasteiger partial charge in [-0.1, -0.05) is 0 Å². The van der Waals surface area contributed by atoms with Gasteiger partial charge in [0.15, 0.2) is 6.61 Å². The van der Waals surface area contributed by atoms with E-state index in [1.54, 1.807) is 6.92 Å². The maximum absolute atomic E-state index is 11.8. The highest BCUT2D eigenvalue weighted by Crippen LogP contribution is 2.34. The van der Waals surface area contributed by atoms with Crippen molar-refractivity contribution in [2.75, 3.05) is 6.61 Å². The van der Waals surface area contributed by atoms with Crippen LogP contribution in [0.4, 0.5) is 0 Å². The van der Waals surface area contributed by atoms with Crippen molar-refractivity contribution >= 4 is 44.0 Å².